The molecule has 1 unspecified atom stereocenters. The maximum absolute atomic E-state index is 13.3. The molecule has 2 aromatic rings. The number of nitrogens with one attached hydrogen (secondary N) is 2. The van der Waals surface area contributed by atoms with Crippen LogP contribution in [0.1, 0.15) is 56.5 Å². The van der Waals surface area contributed by atoms with E-state index in [-0.39, 0.29) is 23.9 Å². The number of hydrogen-bond acceptors (Lipinski definition) is 8. The van der Waals surface area contributed by atoms with E-state index in [0.29, 0.717) is 12.1 Å². The zero-order valence-electron chi connectivity index (χ0n) is 19.4. The first-order chi connectivity index (χ1) is 15.6. The lowest BCUT2D eigenvalue weighted by Crippen LogP contribution is -2.50. The third kappa shape index (κ3) is 5.41. The molecule has 0 radical (unpaired) electrons. The van der Waals surface area contributed by atoms with Gasteiger partial charge < -0.3 is 24.7 Å². The van der Waals surface area contributed by atoms with E-state index in [1.54, 1.807) is 24.3 Å². The van der Waals surface area contributed by atoms with E-state index in [1.807, 2.05) is 27.7 Å². The summed E-state index contributed by atoms with van der Waals surface area (Å²) in [5.74, 6) is -0.0970. The minimum atomic E-state index is -2.67. The number of halogens is 2. The van der Waals surface area contributed by atoms with Crippen molar-refractivity contribution in [1.82, 2.24) is 9.97 Å². The molecule has 1 atom stereocenters. The van der Waals surface area contributed by atoms with Crippen molar-refractivity contribution >= 4 is 30.3 Å². The molecular formula is C22H29BF2N4O4. The van der Waals surface area contributed by atoms with Crippen molar-refractivity contribution in [3.8, 4) is 0 Å². The Morgan fingerprint density at radius 1 is 1.18 bits per heavy atom. The fourth-order valence-corrected chi connectivity index (χ4v) is 3.35. The minimum absolute atomic E-state index is 0.112. The second-order valence-electron chi connectivity index (χ2n) is 8.50. The first-order valence-corrected chi connectivity index (χ1v) is 10.8. The van der Waals surface area contributed by atoms with Crippen LogP contribution in [0.25, 0.3) is 0 Å². The van der Waals surface area contributed by atoms with Gasteiger partial charge in [-0.3, -0.25) is 0 Å². The lowest BCUT2D eigenvalue weighted by molar-refractivity contribution is 0.00117. The number of methoxy groups -OCH3 is 1. The van der Waals surface area contributed by atoms with E-state index >= 15 is 0 Å². The van der Waals surface area contributed by atoms with Crippen LogP contribution in [0.5, 0.6) is 0 Å². The number of esters is 1. The van der Waals surface area contributed by atoms with Gasteiger partial charge in [-0.15, -0.1) is 0 Å². The normalized spacial score (nSPS) is 19.6. The van der Waals surface area contributed by atoms with E-state index in [2.05, 4.69) is 20.6 Å². The maximum atomic E-state index is 13.3. The molecule has 0 spiro atoms. The molecule has 8 nitrogen and oxygen atoms in total. The predicted molar refractivity (Wildman–Crippen MR) is 122 cm³/mol. The first kappa shape index (κ1) is 24.8. The van der Waals surface area contributed by atoms with E-state index in [1.165, 1.54) is 7.11 Å². The molecule has 1 aliphatic heterocycles. The van der Waals surface area contributed by atoms with Crippen LogP contribution in [0, 0.1) is 0 Å². The molecule has 1 fully saturated rings. The van der Waals surface area contributed by atoms with Gasteiger partial charge in [0.2, 0.25) is 5.95 Å². The van der Waals surface area contributed by atoms with Gasteiger partial charge >= 0.3 is 13.1 Å². The van der Waals surface area contributed by atoms with Crippen LogP contribution in [-0.4, -0.2) is 54.5 Å². The average molecular weight is 462 g/mol. The second-order valence-corrected chi connectivity index (χ2v) is 8.50. The molecule has 1 aromatic heterocycles. The van der Waals surface area contributed by atoms with E-state index in [9.17, 15) is 13.6 Å². The molecule has 33 heavy (non-hydrogen) atoms. The quantitative estimate of drug-likeness (QED) is 0.433. The molecule has 1 aromatic carbocycles. The molecule has 2 N–H and O–H groups in total. The van der Waals surface area contributed by atoms with Crippen LogP contribution in [-0.2, 0) is 14.0 Å². The number of aromatic nitrogens is 2. The van der Waals surface area contributed by atoms with Crippen molar-refractivity contribution in [3.63, 3.8) is 0 Å². The summed E-state index contributed by atoms with van der Waals surface area (Å²) in [6.45, 7) is 8.45. The summed E-state index contributed by atoms with van der Waals surface area (Å²) >= 11 is 0. The molecule has 1 aliphatic rings. The summed E-state index contributed by atoms with van der Waals surface area (Å²) in [5.41, 5.74) is -0.544. The highest BCUT2D eigenvalue weighted by Crippen LogP contribution is 2.37. The van der Waals surface area contributed by atoms with E-state index < -0.39 is 30.7 Å². The number of rotatable bonds is 9. The smallest absolute Gasteiger partial charge is 0.465 e. The summed E-state index contributed by atoms with van der Waals surface area (Å²) in [4.78, 5) is 19.9. The zero-order valence-corrected chi connectivity index (χ0v) is 19.4. The van der Waals surface area contributed by atoms with Gasteiger partial charge in [0, 0.05) is 19.3 Å². The highest BCUT2D eigenvalue weighted by Gasteiger charge is 2.54. The standard InChI is InChI=1S/C22H29BF2N4O4/c1-6-11-26-18-16(17(24)25)12-27-20(29-18)28-13-22(4)21(2,3)32-23(33-22)15-9-7-14(8-10-15)19(30)31-5/h7-10,12,17H,6,11,13H2,1-5H3,(H2,26,27,28,29). The van der Waals surface area contributed by atoms with Crippen LogP contribution < -0.4 is 16.1 Å². The van der Waals surface area contributed by atoms with Gasteiger partial charge in [0.25, 0.3) is 6.43 Å². The van der Waals surface area contributed by atoms with Gasteiger partial charge in [0.05, 0.1) is 29.4 Å². The lowest BCUT2D eigenvalue weighted by atomic mass is 9.79. The molecular weight excluding hydrogens is 433 g/mol. The summed E-state index contributed by atoms with van der Waals surface area (Å²) in [5, 5.41) is 6.02. The van der Waals surface area contributed by atoms with Crippen molar-refractivity contribution < 1.29 is 27.6 Å². The van der Waals surface area contributed by atoms with Crippen molar-refractivity contribution in [3.05, 3.63) is 41.6 Å². The Labute approximate surface area is 192 Å². The molecule has 0 bridgehead atoms. The number of benzene rings is 1. The van der Waals surface area contributed by atoms with Crippen LogP contribution in [0.4, 0.5) is 20.5 Å². The van der Waals surface area contributed by atoms with Gasteiger partial charge in [-0.25, -0.2) is 18.6 Å². The van der Waals surface area contributed by atoms with Crippen LogP contribution in [0.2, 0.25) is 0 Å². The fraction of sp³-hybridized carbons (Fsp3) is 0.500. The van der Waals surface area contributed by atoms with Crippen LogP contribution >= 0.6 is 0 Å². The van der Waals surface area contributed by atoms with Crippen molar-refractivity contribution in [1.29, 1.82) is 0 Å². The van der Waals surface area contributed by atoms with Gasteiger partial charge in [-0.2, -0.15) is 4.98 Å². The van der Waals surface area contributed by atoms with Crippen LogP contribution in [0.15, 0.2) is 30.5 Å². The molecule has 0 saturated carbocycles. The van der Waals surface area contributed by atoms with Gasteiger partial charge in [0.1, 0.15) is 5.82 Å². The number of anilines is 2. The van der Waals surface area contributed by atoms with Gasteiger partial charge in [-0.05, 0) is 44.8 Å². The number of carbonyl (C=O) groups excluding carboxylic acids is 1. The third-order valence-corrected chi connectivity index (χ3v) is 5.82. The fourth-order valence-electron chi connectivity index (χ4n) is 3.35. The molecule has 1 saturated heterocycles. The maximum Gasteiger partial charge on any atom is 0.494 e. The topological polar surface area (TPSA) is 94.6 Å². The third-order valence-electron chi connectivity index (χ3n) is 5.82. The number of alkyl halides is 2. The van der Waals surface area contributed by atoms with Crippen LogP contribution in [0.3, 0.4) is 0 Å². The summed E-state index contributed by atoms with van der Waals surface area (Å²) in [6, 6.07) is 6.81. The number of ether oxygens (including phenoxy) is 1. The second kappa shape index (κ2) is 10.0. The largest absolute Gasteiger partial charge is 0.494 e. The highest BCUT2D eigenvalue weighted by molar-refractivity contribution is 6.62. The van der Waals surface area contributed by atoms with Crippen molar-refractivity contribution in [2.45, 2.75) is 51.7 Å². The molecule has 178 valence electrons. The average Bonchev–Trinajstić information content (AvgIpc) is 3.04. The van der Waals surface area contributed by atoms with E-state index in [4.69, 9.17) is 14.0 Å². The Morgan fingerprint density at radius 2 is 1.88 bits per heavy atom. The summed E-state index contributed by atoms with van der Waals surface area (Å²) in [7, 11) is 0.677. The Kier molecular flexibility index (Phi) is 7.53. The highest BCUT2D eigenvalue weighted by atomic mass is 19.3. The molecule has 3 rings (SSSR count). The molecule has 2 heterocycles. The van der Waals surface area contributed by atoms with E-state index in [0.717, 1.165) is 18.1 Å². The zero-order chi connectivity index (χ0) is 24.2. The summed E-state index contributed by atoms with van der Waals surface area (Å²) in [6.07, 6.45) is -0.773. The lowest BCUT2D eigenvalue weighted by Gasteiger charge is -2.36. The minimum Gasteiger partial charge on any atom is -0.465 e. The van der Waals surface area contributed by atoms with Crippen molar-refractivity contribution in [2.24, 2.45) is 0 Å². The summed E-state index contributed by atoms with van der Waals surface area (Å²) < 4.78 is 43.7. The molecule has 0 aliphatic carbocycles. The SMILES string of the molecule is CCCNc1nc(NCC2(C)OB(c3ccc(C(=O)OC)cc3)OC2(C)C)ncc1C(F)F. The Morgan fingerprint density at radius 3 is 2.48 bits per heavy atom. The number of carbonyl (C=O) groups is 1. The predicted octanol–water partition coefficient (Wildman–Crippen LogP) is 3.41. The Balaban J connectivity index is 1.73. The Hall–Kier alpha value is -2.79. The van der Waals surface area contributed by atoms with Crippen molar-refractivity contribution in [2.75, 3.05) is 30.8 Å². The number of nitrogens with zero attached hydrogens (tertiary/aromatic N) is 2. The van der Waals surface area contributed by atoms with Gasteiger partial charge in [-0.1, -0.05) is 19.1 Å². The molecule has 11 heteroatoms. The van der Waals surface area contributed by atoms with Gasteiger partial charge in [0.15, 0.2) is 0 Å². The number of hydrogen-bond donors (Lipinski definition) is 2. The Bertz CT molecular complexity index is 977. The molecule has 0 amide bonds. The first-order valence-electron chi connectivity index (χ1n) is 10.8. The monoisotopic (exact) mass is 462 g/mol.